The molecule has 5 aliphatic carbocycles. The van der Waals surface area contributed by atoms with Gasteiger partial charge in [-0.2, -0.15) is 0 Å². The minimum absolute atomic E-state index is 0.0408. The normalized spacial score (nSPS) is 50.2. The molecule has 0 amide bonds. The molecule has 0 aromatic carbocycles. The maximum Gasteiger partial charge on any atom is 0.178 e. The average Bonchev–Trinajstić information content (AvgIpc) is 3.32. The lowest BCUT2D eigenvalue weighted by Gasteiger charge is -2.59. The molecule has 0 spiro atoms. The second kappa shape index (κ2) is 8.09. The summed E-state index contributed by atoms with van der Waals surface area (Å²) >= 11 is 3.46. The number of allylic oxidation sites excluding steroid dienone is 4. The summed E-state index contributed by atoms with van der Waals surface area (Å²) in [4.78, 5) is 25.8. The fourth-order valence-corrected chi connectivity index (χ4v) is 9.73. The number of ketones is 2. The van der Waals surface area contributed by atoms with Crippen LogP contribution in [0.3, 0.4) is 0 Å². The van der Waals surface area contributed by atoms with E-state index < -0.39 is 17.1 Å². The van der Waals surface area contributed by atoms with E-state index in [1.807, 2.05) is 6.08 Å². The molecule has 1 unspecified atom stereocenters. The Balaban J connectivity index is 1.37. The number of alkyl halides is 1. The van der Waals surface area contributed by atoms with Gasteiger partial charge in [-0.25, -0.2) is 0 Å². The van der Waals surface area contributed by atoms with Gasteiger partial charge in [0.1, 0.15) is 0 Å². The molecule has 6 rings (SSSR count). The number of halogens is 1. The van der Waals surface area contributed by atoms with Gasteiger partial charge in [-0.1, -0.05) is 60.7 Å². The van der Waals surface area contributed by atoms with Crippen molar-refractivity contribution in [3.63, 3.8) is 0 Å². The molecular weight excluding hydrogens is 496 g/mol. The Morgan fingerprint density at radius 3 is 2.71 bits per heavy atom. The number of carbonyl (C=O) groups excluding carboxylic acids is 2. The molecule has 1 heterocycles. The van der Waals surface area contributed by atoms with Crippen LogP contribution < -0.4 is 0 Å². The fraction of sp³-hybridized carbons (Fsp3) is 0.786. The molecule has 9 atom stereocenters. The quantitative estimate of drug-likeness (QED) is 0.523. The van der Waals surface area contributed by atoms with Crippen LogP contribution >= 0.6 is 15.9 Å². The van der Waals surface area contributed by atoms with Crippen molar-refractivity contribution in [2.45, 2.75) is 95.7 Å². The van der Waals surface area contributed by atoms with Gasteiger partial charge in [0.15, 0.2) is 23.5 Å². The molecule has 1 N–H and O–H groups in total. The molecule has 0 aromatic heterocycles. The number of hydrogen-bond donors (Lipinski definition) is 1. The Morgan fingerprint density at radius 1 is 1.21 bits per heavy atom. The van der Waals surface area contributed by atoms with Gasteiger partial charge in [0.05, 0.1) is 17.5 Å². The summed E-state index contributed by atoms with van der Waals surface area (Å²) in [5.41, 5.74) is -0.630. The van der Waals surface area contributed by atoms with Gasteiger partial charge in [0, 0.05) is 22.7 Å². The highest BCUT2D eigenvalue weighted by molar-refractivity contribution is 9.09. The molecule has 1 aliphatic heterocycles. The van der Waals surface area contributed by atoms with Crippen LogP contribution in [0.15, 0.2) is 23.8 Å². The number of aliphatic hydroxyl groups excluding tert-OH is 1. The molecule has 1 saturated heterocycles. The van der Waals surface area contributed by atoms with Crippen molar-refractivity contribution in [2.75, 3.05) is 5.33 Å². The third-order valence-corrected chi connectivity index (χ3v) is 11.3. The zero-order valence-electron chi connectivity index (χ0n) is 20.3. The first-order valence-electron chi connectivity index (χ1n) is 13.3. The number of hydrogen-bond acceptors (Lipinski definition) is 5. The molecule has 0 radical (unpaired) electrons. The highest BCUT2D eigenvalue weighted by Gasteiger charge is 2.75. The van der Waals surface area contributed by atoms with Crippen LogP contribution in [0.1, 0.15) is 71.6 Å². The summed E-state index contributed by atoms with van der Waals surface area (Å²) in [6, 6.07) is 0. The molecule has 0 aromatic rings. The summed E-state index contributed by atoms with van der Waals surface area (Å²) < 4.78 is 13.5. The first kappa shape index (κ1) is 23.6. The number of rotatable bonds is 3. The highest BCUT2D eigenvalue weighted by Crippen LogP contribution is 2.70. The van der Waals surface area contributed by atoms with Crippen molar-refractivity contribution in [3.05, 3.63) is 23.8 Å². The maximum absolute atomic E-state index is 13.7. The number of fused-ring (bicyclic) bond motifs is 7. The van der Waals surface area contributed by atoms with Crippen LogP contribution in [0.5, 0.6) is 0 Å². The van der Waals surface area contributed by atoms with Crippen LogP contribution in [-0.2, 0) is 19.1 Å². The summed E-state index contributed by atoms with van der Waals surface area (Å²) in [7, 11) is 0. The third kappa shape index (κ3) is 3.01. The predicted octanol–water partition coefficient (Wildman–Crippen LogP) is 4.90. The Hall–Kier alpha value is -0.820. The lowest BCUT2D eigenvalue weighted by atomic mass is 9.46. The van der Waals surface area contributed by atoms with E-state index in [-0.39, 0.29) is 52.5 Å². The molecule has 0 bridgehead atoms. The van der Waals surface area contributed by atoms with Crippen LogP contribution in [0.25, 0.3) is 0 Å². The first-order chi connectivity index (χ1) is 16.2. The van der Waals surface area contributed by atoms with Gasteiger partial charge in [0.25, 0.3) is 0 Å². The molecule has 4 saturated carbocycles. The van der Waals surface area contributed by atoms with Crippen LogP contribution in [0, 0.1) is 34.5 Å². The number of ether oxygens (including phenoxy) is 2. The zero-order valence-corrected chi connectivity index (χ0v) is 21.9. The van der Waals surface area contributed by atoms with E-state index in [4.69, 9.17) is 9.47 Å². The molecule has 5 nitrogen and oxygen atoms in total. The van der Waals surface area contributed by atoms with Gasteiger partial charge in [0.2, 0.25) is 0 Å². The van der Waals surface area contributed by atoms with Gasteiger partial charge in [-0.05, 0) is 62.5 Å². The molecule has 34 heavy (non-hydrogen) atoms. The van der Waals surface area contributed by atoms with Crippen LogP contribution in [0.2, 0.25) is 0 Å². The monoisotopic (exact) mass is 532 g/mol. The van der Waals surface area contributed by atoms with Crippen LogP contribution in [-0.4, -0.2) is 46.1 Å². The second-order valence-electron chi connectivity index (χ2n) is 12.2. The number of Topliss-reactive ketones (excluding diaryl/α,β-unsaturated/α-hetero) is 1. The van der Waals surface area contributed by atoms with E-state index in [2.05, 4.69) is 29.8 Å². The van der Waals surface area contributed by atoms with E-state index in [9.17, 15) is 14.7 Å². The average molecular weight is 534 g/mol. The van der Waals surface area contributed by atoms with E-state index in [0.29, 0.717) is 12.3 Å². The highest BCUT2D eigenvalue weighted by atomic mass is 79.9. The van der Waals surface area contributed by atoms with Gasteiger partial charge < -0.3 is 14.6 Å². The van der Waals surface area contributed by atoms with E-state index in [1.165, 1.54) is 19.3 Å². The SMILES string of the molecule is C[C@]12C=CC(=O)C=C1CC[C@@H]1[C@@H]2[C@@H](O)C[C@@]2(C)[C@H]1CC1O[C@@H](C3CCCCC3)O[C@]12C(=O)CBr. The van der Waals surface area contributed by atoms with Crippen molar-refractivity contribution in [1.82, 2.24) is 0 Å². The number of aliphatic hydroxyl groups is 1. The predicted molar refractivity (Wildman–Crippen MR) is 131 cm³/mol. The third-order valence-electron chi connectivity index (χ3n) is 10.8. The lowest BCUT2D eigenvalue weighted by Crippen LogP contribution is -2.63. The summed E-state index contributed by atoms with van der Waals surface area (Å²) in [6.07, 6.45) is 13.4. The second-order valence-corrected chi connectivity index (χ2v) is 12.8. The van der Waals surface area contributed by atoms with Crippen LogP contribution in [0.4, 0.5) is 0 Å². The lowest BCUT2D eigenvalue weighted by molar-refractivity contribution is -0.207. The van der Waals surface area contributed by atoms with Crippen molar-refractivity contribution < 1.29 is 24.2 Å². The van der Waals surface area contributed by atoms with Crippen molar-refractivity contribution in [2.24, 2.45) is 34.5 Å². The summed E-state index contributed by atoms with van der Waals surface area (Å²) in [6.45, 7) is 4.38. The number of carbonyl (C=O) groups is 2. The minimum Gasteiger partial charge on any atom is -0.393 e. The van der Waals surface area contributed by atoms with Crippen molar-refractivity contribution in [1.29, 1.82) is 0 Å². The standard InChI is InChI=1S/C28H37BrO5/c1-26-11-10-18(30)12-17(26)8-9-19-20-13-23-28(22(32)15-29,27(20,2)14-21(31)24(19)26)34-25(33-23)16-6-4-3-5-7-16/h10-12,16,19-21,23-25,31H,3-9,13-15H2,1-2H3/t19-,20-,21-,23?,24+,25+,26-,27-,28+/m0/s1. The minimum atomic E-state index is -0.995. The van der Waals surface area contributed by atoms with E-state index in [1.54, 1.807) is 12.2 Å². The van der Waals surface area contributed by atoms with Crippen molar-refractivity contribution in [3.8, 4) is 0 Å². The molecule has 186 valence electrons. The fourth-order valence-electron chi connectivity index (χ4n) is 9.31. The summed E-state index contributed by atoms with van der Waals surface area (Å²) in [5, 5.41) is 12.0. The smallest absolute Gasteiger partial charge is 0.178 e. The van der Waals surface area contributed by atoms with Gasteiger partial charge in [-0.15, -0.1) is 0 Å². The van der Waals surface area contributed by atoms with E-state index >= 15 is 0 Å². The largest absolute Gasteiger partial charge is 0.393 e. The molecular formula is C28H37BrO5. The molecule has 6 aliphatic rings. The molecule has 6 heteroatoms. The first-order valence-corrected chi connectivity index (χ1v) is 14.4. The Morgan fingerprint density at radius 2 is 1.97 bits per heavy atom. The topological polar surface area (TPSA) is 72.8 Å². The Labute approximate surface area is 210 Å². The summed E-state index contributed by atoms with van der Waals surface area (Å²) in [5.74, 6) is 1.02. The molecule has 5 fully saturated rings. The van der Waals surface area contributed by atoms with Gasteiger partial charge in [-0.3, -0.25) is 9.59 Å². The zero-order chi connectivity index (χ0) is 23.9. The van der Waals surface area contributed by atoms with Crippen molar-refractivity contribution >= 4 is 27.5 Å². The van der Waals surface area contributed by atoms with Gasteiger partial charge >= 0.3 is 0 Å². The Kier molecular flexibility index (Phi) is 5.61. The maximum atomic E-state index is 13.7. The van der Waals surface area contributed by atoms with E-state index in [0.717, 1.165) is 37.7 Å². The Bertz CT molecular complexity index is 952.